The Labute approximate surface area is 121 Å². The van der Waals surface area contributed by atoms with E-state index in [9.17, 15) is 0 Å². The van der Waals surface area contributed by atoms with Crippen LogP contribution in [0, 0.1) is 13.8 Å². The largest absolute Gasteiger partial charge is 0.439 e. The zero-order valence-electron chi connectivity index (χ0n) is 12.6. The molecule has 106 valence electrons. The molecule has 1 unspecified atom stereocenters. The van der Waals surface area contributed by atoms with E-state index in [4.69, 9.17) is 4.74 Å². The summed E-state index contributed by atoms with van der Waals surface area (Å²) < 4.78 is 5.89. The van der Waals surface area contributed by atoms with Gasteiger partial charge in [-0.1, -0.05) is 24.6 Å². The van der Waals surface area contributed by atoms with Crippen LogP contribution >= 0.6 is 0 Å². The van der Waals surface area contributed by atoms with Crippen molar-refractivity contribution in [3.8, 4) is 11.6 Å². The lowest BCUT2D eigenvalue weighted by atomic mass is 10.1. The standard InChI is InChI=1S/C17H22N2O/c1-5-18-14(4)15-8-9-19-17(11-15)20-16-7-6-12(2)10-13(16)3/h6-11,14,18H,5H2,1-4H3. The SMILES string of the molecule is CCNC(C)c1ccnc(Oc2ccc(C)cc2C)c1. The van der Waals surface area contributed by atoms with Crippen LogP contribution < -0.4 is 10.1 Å². The highest BCUT2D eigenvalue weighted by Gasteiger charge is 2.07. The molecule has 3 nitrogen and oxygen atoms in total. The number of pyridine rings is 1. The second-order valence-electron chi connectivity index (χ2n) is 5.08. The molecule has 1 aromatic carbocycles. The van der Waals surface area contributed by atoms with Crippen LogP contribution in [-0.2, 0) is 0 Å². The van der Waals surface area contributed by atoms with Crippen LogP contribution in [0.15, 0.2) is 36.5 Å². The van der Waals surface area contributed by atoms with Crippen LogP contribution in [0.25, 0.3) is 0 Å². The second-order valence-corrected chi connectivity index (χ2v) is 5.08. The fourth-order valence-corrected chi connectivity index (χ4v) is 2.20. The minimum atomic E-state index is 0.296. The van der Waals surface area contributed by atoms with E-state index in [0.717, 1.165) is 17.9 Å². The Hall–Kier alpha value is -1.87. The van der Waals surface area contributed by atoms with Gasteiger partial charge in [-0.05, 0) is 50.6 Å². The average molecular weight is 270 g/mol. The summed E-state index contributed by atoms with van der Waals surface area (Å²) in [6, 6.07) is 10.5. The van der Waals surface area contributed by atoms with E-state index < -0.39 is 0 Å². The predicted molar refractivity (Wildman–Crippen MR) is 82.3 cm³/mol. The number of rotatable bonds is 5. The van der Waals surface area contributed by atoms with E-state index in [2.05, 4.69) is 37.1 Å². The molecule has 20 heavy (non-hydrogen) atoms. The van der Waals surface area contributed by atoms with E-state index in [1.165, 1.54) is 11.1 Å². The summed E-state index contributed by atoms with van der Waals surface area (Å²) in [7, 11) is 0. The van der Waals surface area contributed by atoms with Gasteiger partial charge in [0.25, 0.3) is 0 Å². The van der Waals surface area contributed by atoms with E-state index >= 15 is 0 Å². The van der Waals surface area contributed by atoms with Crippen molar-refractivity contribution >= 4 is 0 Å². The first-order valence-corrected chi connectivity index (χ1v) is 7.04. The molecule has 1 atom stereocenters. The number of hydrogen-bond donors (Lipinski definition) is 1. The van der Waals surface area contributed by atoms with Crippen LogP contribution in [0.4, 0.5) is 0 Å². The molecule has 0 saturated carbocycles. The zero-order valence-corrected chi connectivity index (χ0v) is 12.6. The topological polar surface area (TPSA) is 34.2 Å². The number of aromatic nitrogens is 1. The number of benzene rings is 1. The third kappa shape index (κ3) is 3.58. The normalized spacial score (nSPS) is 12.2. The van der Waals surface area contributed by atoms with E-state index in [1.54, 1.807) is 6.20 Å². The minimum absolute atomic E-state index is 0.296. The Kier molecular flexibility index (Phi) is 4.74. The molecular weight excluding hydrogens is 248 g/mol. The molecule has 1 N–H and O–H groups in total. The summed E-state index contributed by atoms with van der Waals surface area (Å²) in [5.41, 5.74) is 3.54. The van der Waals surface area contributed by atoms with Crippen molar-refractivity contribution in [2.24, 2.45) is 0 Å². The Morgan fingerprint density at radius 2 is 2.00 bits per heavy atom. The van der Waals surface area contributed by atoms with Gasteiger partial charge in [0.2, 0.25) is 5.88 Å². The lowest BCUT2D eigenvalue weighted by Gasteiger charge is -2.14. The van der Waals surface area contributed by atoms with Crippen molar-refractivity contribution in [2.45, 2.75) is 33.7 Å². The summed E-state index contributed by atoms with van der Waals surface area (Å²) in [5, 5.41) is 3.39. The molecule has 0 spiro atoms. The van der Waals surface area contributed by atoms with Gasteiger partial charge in [0.1, 0.15) is 5.75 Å². The highest BCUT2D eigenvalue weighted by molar-refractivity contribution is 5.38. The molecule has 0 aliphatic rings. The molecule has 0 bridgehead atoms. The molecule has 0 saturated heterocycles. The summed E-state index contributed by atoms with van der Waals surface area (Å²) in [6.45, 7) is 9.31. The highest BCUT2D eigenvalue weighted by atomic mass is 16.5. The van der Waals surface area contributed by atoms with Crippen molar-refractivity contribution in [3.05, 3.63) is 53.2 Å². The first-order valence-electron chi connectivity index (χ1n) is 7.04. The van der Waals surface area contributed by atoms with Gasteiger partial charge in [0, 0.05) is 18.3 Å². The molecule has 1 heterocycles. The Morgan fingerprint density at radius 3 is 2.70 bits per heavy atom. The van der Waals surface area contributed by atoms with Crippen molar-refractivity contribution in [1.29, 1.82) is 0 Å². The molecule has 0 fully saturated rings. The van der Waals surface area contributed by atoms with E-state index in [-0.39, 0.29) is 0 Å². The first kappa shape index (κ1) is 14.5. The maximum absolute atomic E-state index is 5.89. The number of ether oxygens (including phenoxy) is 1. The molecule has 2 aromatic rings. The van der Waals surface area contributed by atoms with Gasteiger partial charge < -0.3 is 10.1 Å². The van der Waals surface area contributed by atoms with Crippen molar-refractivity contribution < 1.29 is 4.74 Å². The molecule has 1 aromatic heterocycles. The van der Waals surface area contributed by atoms with E-state index in [0.29, 0.717) is 11.9 Å². The third-order valence-electron chi connectivity index (χ3n) is 3.31. The first-order chi connectivity index (χ1) is 9.60. The Balaban J connectivity index is 2.19. The maximum atomic E-state index is 5.89. The van der Waals surface area contributed by atoms with Gasteiger partial charge in [0.05, 0.1) is 0 Å². The van der Waals surface area contributed by atoms with Crippen LogP contribution in [-0.4, -0.2) is 11.5 Å². The molecule has 2 rings (SSSR count). The number of aryl methyl sites for hydroxylation is 2. The fraction of sp³-hybridized carbons (Fsp3) is 0.353. The quantitative estimate of drug-likeness (QED) is 0.885. The van der Waals surface area contributed by atoms with Crippen LogP contribution in [0.2, 0.25) is 0 Å². The van der Waals surface area contributed by atoms with Crippen LogP contribution in [0.5, 0.6) is 11.6 Å². The lowest BCUT2D eigenvalue weighted by Crippen LogP contribution is -2.17. The summed E-state index contributed by atoms with van der Waals surface area (Å²) in [5.74, 6) is 1.50. The molecule has 0 aliphatic heterocycles. The zero-order chi connectivity index (χ0) is 14.5. The van der Waals surface area contributed by atoms with Crippen LogP contribution in [0.3, 0.4) is 0 Å². The second kappa shape index (κ2) is 6.53. The maximum Gasteiger partial charge on any atom is 0.219 e. The monoisotopic (exact) mass is 270 g/mol. The summed E-state index contributed by atoms with van der Waals surface area (Å²) in [4.78, 5) is 4.29. The molecule has 0 radical (unpaired) electrons. The number of nitrogens with one attached hydrogen (secondary N) is 1. The van der Waals surface area contributed by atoms with Crippen LogP contribution in [0.1, 0.15) is 36.6 Å². The molecule has 0 amide bonds. The van der Waals surface area contributed by atoms with Gasteiger partial charge in [-0.25, -0.2) is 4.98 Å². The number of hydrogen-bond acceptors (Lipinski definition) is 3. The van der Waals surface area contributed by atoms with E-state index in [1.807, 2.05) is 31.2 Å². The smallest absolute Gasteiger partial charge is 0.219 e. The van der Waals surface area contributed by atoms with Crippen molar-refractivity contribution in [3.63, 3.8) is 0 Å². The lowest BCUT2D eigenvalue weighted by molar-refractivity contribution is 0.456. The van der Waals surface area contributed by atoms with Crippen molar-refractivity contribution in [2.75, 3.05) is 6.54 Å². The molecule has 0 aliphatic carbocycles. The van der Waals surface area contributed by atoms with Gasteiger partial charge >= 0.3 is 0 Å². The molecule has 3 heteroatoms. The fourth-order valence-electron chi connectivity index (χ4n) is 2.20. The molecular formula is C17H22N2O. The summed E-state index contributed by atoms with van der Waals surface area (Å²) in [6.07, 6.45) is 1.79. The third-order valence-corrected chi connectivity index (χ3v) is 3.31. The highest BCUT2D eigenvalue weighted by Crippen LogP contribution is 2.25. The summed E-state index contributed by atoms with van der Waals surface area (Å²) >= 11 is 0. The van der Waals surface area contributed by atoms with Gasteiger partial charge in [0.15, 0.2) is 0 Å². The predicted octanol–water partition coefficient (Wildman–Crippen LogP) is 4.16. The van der Waals surface area contributed by atoms with Gasteiger partial charge in [-0.15, -0.1) is 0 Å². The Bertz CT molecular complexity index is 581. The van der Waals surface area contributed by atoms with Gasteiger partial charge in [-0.3, -0.25) is 0 Å². The Morgan fingerprint density at radius 1 is 1.20 bits per heavy atom. The minimum Gasteiger partial charge on any atom is -0.439 e. The van der Waals surface area contributed by atoms with Crippen molar-refractivity contribution in [1.82, 2.24) is 10.3 Å². The number of nitrogens with zero attached hydrogens (tertiary/aromatic N) is 1. The average Bonchev–Trinajstić information content (AvgIpc) is 2.43. The van der Waals surface area contributed by atoms with Gasteiger partial charge in [-0.2, -0.15) is 0 Å².